The number of fused-ring (bicyclic) bond motifs is 1. The van der Waals surface area contributed by atoms with E-state index in [1.54, 1.807) is 11.8 Å². The molecule has 0 atom stereocenters. The van der Waals surface area contributed by atoms with Crippen molar-refractivity contribution in [2.45, 2.75) is 25.0 Å². The van der Waals surface area contributed by atoms with Crippen LogP contribution >= 0.6 is 11.8 Å². The molecule has 1 aromatic heterocycles. The second-order valence-electron chi connectivity index (χ2n) is 3.65. The van der Waals surface area contributed by atoms with Crippen molar-refractivity contribution in [2.75, 3.05) is 5.75 Å². The lowest BCUT2D eigenvalue weighted by atomic mass is 10.2. The van der Waals surface area contributed by atoms with Crippen molar-refractivity contribution in [1.82, 2.24) is 4.98 Å². The second-order valence-corrected chi connectivity index (χ2v) is 4.74. The number of aliphatic hydroxyl groups is 1. The standard InChI is InChI=1S/C13H15NOS/c1-2-7-16-13-11(9-15)8-10-5-3-4-6-12(10)14-13/h3-6,8,15H,2,7,9H2,1H3. The Bertz CT molecular complexity index is 484. The lowest BCUT2D eigenvalue weighted by Crippen LogP contribution is -1.93. The van der Waals surface area contributed by atoms with Gasteiger partial charge in [0, 0.05) is 10.9 Å². The van der Waals surface area contributed by atoms with Crippen LogP contribution < -0.4 is 0 Å². The molecule has 1 heterocycles. The lowest BCUT2D eigenvalue weighted by Gasteiger charge is -2.07. The molecular formula is C13H15NOS. The Morgan fingerprint density at radius 3 is 2.88 bits per heavy atom. The molecule has 1 aromatic carbocycles. The molecule has 2 nitrogen and oxygen atoms in total. The van der Waals surface area contributed by atoms with Gasteiger partial charge in [-0.3, -0.25) is 0 Å². The predicted molar refractivity (Wildman–Crippen MR) is 68.7 cm³/mol. The maximum Gasteiger partial charge on any atom is 0.102 e. The van der Waals surface area contributed by atoms with Gasteiger partial charge < -0.3 is 5.11 Å². The minimum absolute atomic E-state index is 0.0594. The quantitative estimate of drug-likeness (QED) is 0.823. The summed E-state index contributed by atoms with van der Waals surface area (Å²) in [5.41, 5.74) is 1.93. The van der Waals surface area contributed by atoms with Crippen LogP contribution in [0.3, 0.4) is 0 Å². The number of aromatic nitrogens is 1. The SMILES string of the molecule is CCCSc1nc2ccccc2cc1CO. The van der Waals surface area contributed by atoms with Gasteiger partial charge in [-0.15, -0.1) is 11.8 Å². The van der Waals surface area contributed by atoms with E-state index < -0.39 is 0 Å². The monoisotopic (exact) mass is 233 g/mol. The largest absolute Gasteiger partial charge is 0.392 e. The van der Waals surface area contributed by atoms with Crippen LogP contribution in [0.1, 0.15) is 18.9 Å². The highest BCUT2D eigenvalue weighted by atomic mass is 32.2. The third kappa shape index (κ3) is 2.36. The molecular weight excluding hydrogens is 218 g/mol. The van der Waals surface area contributed by atoms with Crippen LogP contribution in [0.25, 0.3) is 10.9 Å². The van der Waals surface area contributed by atoms with Gasteiger partial charge >= 0.3 is 0 Å². The minimum atomic E-state index is 0.0594. The van der Waals surface area contributed by atoms with Gasteiger partial charge in [0.05, 0.1) is 12.1 Å². The predicted octanol–water partition coefficient (Wildman–Crippen LogP) is 3.23. The Kier molecular flexibility index (Phi) is 3.80. The average molecular weight is 233 g/mol. The molecule has 0 amide bonds. The first kappa shape index (κ1) is 11.4. The van der Waals surface area contributed by atoms with E-state index >= 15 is 0 Å². The molecule has 2 aromatic rings. The number of benzene rings is 1. The summed E-state index contributed by atoms with van der Waals surface area (Å²) in [4.78, 5) is 4.59. The zero-order valence-corrected chi connectivity index (χ0v) is 10.1. The number of para-hydroxylation sites is 1. The Labute approximate surface area is 99.7 Å². The summed E-state index contributed by atoms with van der Waals surface area (Å²) < 4.78 is 0. The van der Waals surface area contributed by atoms with E-state index in [-0.39, 0.29) is 6.61 Å². The Morgan fingerprint density at radius 1 is 1.31 bits per heavy atom. The number of hydrogen-bond acceptors (Lipinski definition) is 3. The summed E-state index contributed by atoms with van der Waals surface area (Å²) in [7, 11) is 0. The third-order valence-electron chi connectivity index (χ3n) is 2.38. The molecule has 0 saturated carbocycles. The van der Waals surface area contributed by atoms with E-state index in [0.29, 0.717) is 0 Å². The number of nitrogens with zero attached hydrogens (tertiary/aromatic N) is 1. The summed E-state index contributed by atoms with van der Waals surface area (Å²) >= 11 is 1.72. The smallest absolute Gasteiger partial charge is 0.102 e. The minimum Gasteiger partial charge on any atom is -0.392 e. The van der Waals surface area contributed by atoms with Gasteiger partial charge in [0.25, 0.3) is 0 Å². The molecule has 0 saturated heterocycles. The Balaban J connectivity index is 2.45. The van der Waals surface area contributed by atoms with E-state index in [1.807, 2.05) is 30.3 Å². The van der Waals surface area contributed by atoms with Gasteiger partial charge in [-0.05, 0) is 24.3 Å². The number of aliphatic hydroxyl groups excluding tert-OH is 1. The summed E-state index contributed by atoms with van der Waals surface area (Å²) in [6, 6.07) is 10.0. The first-order valence-electron chi connectivity index (χ1n) is 5.47. The zero-order valence-electron chi connectivity index (χ0n) is 9.31. The van der Waals surface area contributed by atoms with Crippen LogP contribution in [-0.2, 0) is 6.61 Å². The van der Waals surface area contributed by atoms with Crippen LogP contribution in [0.2, 0.25) is 0 Å². The normalized spacial score (nSPS) is 10.9. The van der Waals surface area contributed by atoms with Crippen LogP contribution in [0.4, 0.5) is 0 Å². The van der Waals surface area contributed by atoms with Crippen LogP contribution in [0.15, 0.2) is 35.4 Å². The highest BCUT2D eigenvalue weighted by molar-refractivity contribution is 7.99. The molecule has 0 bridgehead atoms. The number of hydrogen-bond donors (Lipinski definition) is 1. The first-order chi connectivity index (χ1) is 7.85. The molecule has 16 heavy (non-hydrogen) atoms. The summed E-state index contributed by atoms with van der Waals surface area (Å²) in [5.74, 6) is 1.04. The van der Waals surface area contributed by atoms with Crippen molar-refractivity contribution in [3.8, 4) is 0 Å². The van der Waals surface area contributed by atoms with E-state index in [1.165, 1.54) is 0 Å². The fourth-order valence-electron chi connectivity index (χ4n) is 1.58. The van der Waals surface area contributed by atoms with Crippen LogP contribution in [-0.4, -0.2) is 15.8 Å². The van der Waals surface area contributed by atoms with Crippen molar-refractivity contribution in [1.29, 1.82) is 0 Å². The Hall–Kier alpha value is -1.06. The van der Waals surface area contributed by atoms with Crippen LogP contribution in [0, 0.1) is 0 Å². The maximum atomic E-state index is 9.32. The number of thioether (sulfide) groups is 1. The zero-order chi connectivity index (χ0) is 11.4. The van der Waals surface area contributed by atoms with E-state index in [9.17, 15) is 5.11 Å². The van der Waals surface area contributed by atoms with Crippen molar-refractivity contribution in [2.24, 2.45) is 0 Å². The van der Waals surface area contributed by atoms with Gasteiger partial charge in [-0.2, -0.15) is 0 Å². The number of rotatable bonds is 4. The molecule has 0 radical (unpaired) electrons. The summed E-state index contributed by atoms with van der Waals surface area (Å²) in [5, 5.41) is 11.4. The van der Waals surface area contributed by atoms with Crippen LogP contribution in [0.5, 0.6) is 0 Å². The maximum absolute atomic E-state index is 9.32. The molecule has 2 rings (SSSR count). The van der Waals surface area contributed by atoms with Gasteiger partial charge in [-0.25, -0.2) is 4.98 Å². The Morgan fingerprint density at radius 2 is 2.12 bits per heavy atom. The van der Waals surface area contributed by atoms with Gasteiger partial charge in [-0.1, -0.05) is 25.1 Å². The van der Waals surface area contributed by atoms with Crippen molar-refractivity contribution >= 4 is 22.7 Å². The van der Waals surface area contributed by atoms with E-state index in [4.69, 9.17) is 0 Å². The van der Waals surface area contributed by atoms with Crippen molar-refractivity contribution < 1.29 is 5.11 Å². The second kappa shape index (κ2) is 5.32. The lowest BCUT2D eigenvalue weighted by molar-refractivity contribution is 0.278. The molecule has 0 fully saturated rings. The highest BCUT2D eigenvalue weighted by Crippen LogP contribution is 2.25. The van der Waals surface area contributed by atoms with Gasteiger partial charge in [0.15, 0.2) is 0 Å². The molecule has 1 N–H and O–H groups in total. The third-order valence-corrected chi connectivity index (χ3v) is 3.62. The molecule has 0 aliphatic rings. The average Bonchev–Trinajstić information content (AvgIpc) is 2.35. The highest BCUT2D eigenvalue weighted by Gasteiger charge is 2.05. The topological polar surface area (TPSA) is 33.1 Å². The molecule has 0 spiro atoms. The van der Waals surface area contributed by atoms with E-state index in [0.717, 1.165) is 33.7 Å². The van der Waals surface area contributed by atoms with E-state index in [2.05, 4.69) is 11.9 Å². The fourth-order valence-corrected chi connectivity index (χ4v) is 2.45. The van der Waals surface area contributed by atoms with Gasteiger partial charge in [0.1, 0.15) is 5.03 Å². The first-order valence-corrected chi connectivity index (χ1v) is 6.46. The van der Waals surface area contributed by atoms with Crippen molar-refractivity contribution in [3.05, 3.63) is 35.9 Å². The molecule has 0 aliphatic carbocycles. The number of pyridine rings is 1. The molecule has 84 valence electrons. The summed E-state index contributed by atoms with van der Waals surface area (Å²) in [6.45, 7) is 2.20. The molecule has 3 heteroatoms. The van der Waals surface area contributed by atoms with Crippen molar-refractivity contribution in [3.63, 3.8) is 0 Å². The summed E-state index contributed by atoms with van der Waals surface area (Å²) in [6.07, 6.45) is 1.12. The molecule has 0 aliphatic heterocycles. The fraction of sp³-hybridized carbons (Fsp3) is 0.308. The molecule has 0 unspecified atom stereocenters. The van der Waals surface area contributed by atoms with Gasteiger partial charge in [0.2, 0.25) is 0 Å².